The Morgan fingerprint density at radius 1 is 1.20 bits per heavy atom. The van der Waals surface area contributed by atoms with Crippen molar-refractivity contribution in [3.63, 3.8) is 0 Å². The minimum absolute atomic E-state index is 0.191. The van der Waals surface area contributed by atoms with E-state index in [0.29, 0.717) is 19.0 Å². The van der Waals surface area contributed by atoms with Crippen molar-refractivity contribution in [3.8, 4) is 11.5 Å². The van der Waals surface area contributed by atoms with Gasteiger partial charge in [0.05, 0.1) is 0 Å². The van der Waals surface area contributed by atoms with E-state index in [1.54, 1.807) is 0 Å². The molecule has 1 aromatic carbocycles. The number of carbonyl (C=O) groups is 1. The summed E-state index contributed by atoms with van der Waals surface area (Å²) in [5.41, 5.74) is 0.774. The predicted molar refractivity (Wildman–Crippen MR) is 77.5 cm³/mol. The Balaban J connectivity index is 1.76. The number of ketones is 1. The SMILES string of the molecule is CCC1CCCC(C(=O)c2ccc3c(c2)OCCO3)C1. The van der Waals surface area contributed by atoms with Gasteiger partial charge >= 0.3 is 0 Å². The standard InChI is InChI=1S/C17H22O3/c1-2-12-4-3-5-13(10-12)17(18)14-6-7-15-16(11-14)20-9-8-19-15/h6-7,11-13H,2-5,8-10H2,1H3. The number of ether oxygens (including phenoxy) is 2. The van der Waals surface area contributed by atoms with Crippen LogP contribution in [0.15, 0.2) is 18.2 Å². The second kappa shape index (κ2) is 5.86. The fraction of sp³-hybridized carbons (Fsp3) is 0.588. The van der Waals surface area contributed by atoms with Crippen LogP contribution in [0.25, 0.3) is 0 Å². The van der Waals surface area contributed by atoms with E-state index in [9.17, 15) is 4.79 Å². The Morgan fingerprint density at radius 2 is 2.00 bits per heavy atom. The lowest BCUT2D eigenvalue weighted by atomic mass is 9.77. The van der Waals surface area contributed by atoms with Gasteiger partial charge in [-0.3, -0.25) is 4.79 Å². The first-order chi connectivity index (χ1) is 9.78. The van der Waals surface area contributed by atoms with Crippen LogP contribution < -0.4 is 9.47 Å². The molecule has 0 bridgehead atoms. The summed E-state index contributed by atoms with van der Waals surface area (Å²) < 4.78 is 11.1. The third-order valence-electron chi connectivity index (χ3n) is 4.56. The van der Waals surface area contributed by atoms with Gasteiger partial charge in [-0.25, -0.2) is 0 Å². The van der Waals surface area contributed by atoms with Crippen molar-refractivity contribution >= 4 is 5.78 Å². The molecule has 0 saturated heterocycles. The number of fused-ring (bicyclic) bond motifs is 1. The lowest BCUT2D eigenvalue weighted by Crippen LogP contribution is -2.23. The number of benzene rings is 1. The lowest BCUT2D eigenvalue weighted by Gasteiger charge is -2.27. The second-order valence-corrected chi connectivity index (χ2v) is 5.86. The normalized spacial score (nSPS) is 25.2. The van der Waals surface area contributed by atoms with Crippen LogP contribution in [0.1, 0.15) is 49.4 Å². The monoisotopic (exact) mass is 274 g/mol. The van der Waals surface area contributed by atoms with Gasteiger partial charge in [0, 0.05) is 11.5 Å². The molecule has 3 rings (SSSR count). The summed E-state index contributed by atoms with van der Waals surface area (Å²) in [6.07, 6.45) is 5.72. The van der Waals surface area contributed by atoms with E-state index in [1.165, 1.54) is 19.3 Å². The zero-order valence-electron chi connectivity index (χ0n) is 12.1. The Hall–Kier alpha value is -1.51. The molecule has 1 aliphatic heterocycles. The molecule has 1 aliphatic carbocycles. The van der Waals surface area contributed by atoms with Crippen LogP contribution in [0.3, 0.4) is 0 Å². The molecule has 0 aromatic heterocycles. The Kier molecular flexibility index (Phi) is 3.95. The molecule has 1 fully saturated rings. The minimum atomic E-state index is 0.191. The molecule has 1 heterocycles. The summed E-state index contributed by atoms with van der Waals surface area (Å²) in [4.78, 5) is 12.7. The van der Waals surface area contributed by atoms with E-state index in [1.807, 2.05) is 18.2 Å². The molecular formula is C17H22O3. The van der Waals surface area contributed by atoms with Gasteiger partial charge < -0.3 is 9.47 Å². The van der Waals surface area contributed by atoms with Crippen molar-refractivity contribution in [3.05, 3.63) is 23.8 Å². The van der Waals surface area contributed by atoms with E-state index >= 15 is 0 Å². The number of hydrogen-bond acceptors (Lipinski definition) is 3. The van der Waals surface area contributed by atoms with E-state index in [2.05, 4.69) is 6.92 Å². The maximum absolute atomic E-state index is 12.7. The Morgan fingerprint density at radius 3 is 2.80 bits per heavy atom. The lowest BCUT2D eigenvalue weighted by molar-refractivity contribution is 0.0861. The van der Waals surface area contributed by atoms with Crippen molar-refractivity contribution in [1.82, 2.24) is 0 Å². The van der Waals surface area contributed by atoms with Gasteiger partial charge in [0.15, 0.2) is 17.3 Å². The summed E-state index contributed by atoms with van der Waals surface area (Å²) in [6.45, 7) is 3.37. The highest BCUT2D eigenvalue weighted by molar-refractivity contribution is 5.98. The zero-order chi connectivity index (χ0) is 13.9. The van der Waals surface area contributed by atoms with Crippen molar-refractivity contribution in [1.29, 1.82) is 0 Å². The fourth-order valence-electron chi connectivity index (χ4n) is 3.33. The topological polar surface area (TPSA) is 35.5 Å². The smallest absolute Gasteiger partial charge is 0.166 e. The molecule has 108 valence electrons. The van der Waals surface area contributed by atoms with Crippen LogP contribution in [0.5, 0.6) is 11.5 Å². The van der Waals surface area contributed by atoms with Gasteiger partial charge in [-0.2, -0.15) is 0 Å². The van der Waals surface area contributed by atoms with Crippen molar-refractivity contribution in [2.24, 2.45) is 11.8 Å². The molecule has 0 amide bonds. The first-order valence-corrected chi connectivity index (χ1v) is 7.71. The van der Waals surface area contributed by atoms with Crippen molar-refractivity contribution in [2.75, 3.05) is 13.2 Å². The average Bonchev–Trinajstić information content (AvgIpc) is 2.53. The highest BCUT2D eigenvalue weighted by atomic mass is 16.6. The van der Waals surface area contributed by atoms with Gasteiger partial charge in [0.2, 0.25) is 0 Å². The summed E-state index contributed by atoms with van der Waals surface area (Å²) in [5.74, 6) is 2.65. The highest BCUT2D eigenvalue weighted by Crippen LogP contribution is 2.35. The predicted octanol–water partition coefficient (Wildman–Crippen LogP) is 3.86. The molecule has 2 aliphatic rings. The first-order valence-electron chi connectivity index (χ1n) is 7.71. The van der Waals surface area contributed by atoms with Gasteiger partial charge in [-0.05, 0) is 37.0 Å². The molecule has 3 heteroatoms. The minimum Gasteiger partial charge on any atom is -0.486 e. The van der Waals surface area contributed by atoms with Gasteiger partial charge in [-0.15, -0.1) is 0 Å². The Labute approximate surface area is 120 Å². The van der Waals surface area contributed by atoms with Gasteiger partial charge in [-0.1, -0.05) is 26.2 Å². The van der Waals surface area contributed by atoms with Crippen LogP contribution >= 0.6 is 0 Å². The summed E-state index contributed by atoms with van der Waals surface area (Å²) in [7, 11) is 0. The molecule has 1 aromatic rings. The van der Waals surface area contributed by atoms with E-state index in [4.69, 9.17) is 9.47 Å². The maximum Gasteiger partial charge on any atom is 0.166 e. The Bertz CT molecular complexity index is 495. The van der Waals surface area contributed by atoms with E-state index in [-0.39, 0.29) is 11.7 Å². The second-order valence-electron chi connectivity index (χ2n) is 5.86. The van der Waals surface area contributed by atoms with Gasteiger partial charge in [0.25, 0.3) is 0 Å². The molecule has 0 N–H and O–H groups in total. The molecular weight excluding hydrogens is 252 g/mol. The van der Waals surface area contributed by atoms with Crippen molar-refractivity contribution < 1.29 is 14.3 Å². The van der Waals surface area contributed by atoms with Crippen LogP contribution in [0, 0.1) is 11.8 Å². The molecule has 20 heavy (non-hydrogen) atoms. The maximum atomic E-state index is 12.7. The molecule has 0 spiro atoms. The average molecular weight is 274 g/mol. The fourth-order valence-corrected chi connectivity index (χ4v) is 3.33. The molecule has 0 radical (unpaired) electrons. The van der Waals surface area contributed by atoms with Crippen molar-refractivity contribution in [2.45, 2.75) is 39.0 Å². The zero-order valence-corrected chi connectivity index (χ0v) is 12.1. The van der Waals surface area contributed by atoms with Crippen LogP contribution in [-0.2, 0) is 0 Å². The number of hydrogen-bond donors (Lipinski definition) is 0. The summed E-state index contributed by atoms with van der Waals surface area (Å²) in [5, 5.41) is 0. The van der Waals surface area contributed by atoms with Crippen LogP contribution in [0.4, 0.5) is 0 Å². The van der Waals surface area contributed by atoms with E-state index in [0.717, 1.165) is 30.1 Å². The molecule has 1 saturated carbocycles. The largest absolute Gasteiger partial charge is 0.486 e. The third kappa shape index (κ3) is 2.67. The summed E-state index contributed by atoms with van der Waals surface area (Å²) >= 11 is 0. The number of rotatable bonds is 3. The molecule has 2 unspecified atom stereocenters. The summed E-state index contributed by atoms with van der Waals surface area (Å²) in [6, 6.07) is 5.60. The molecule has 3 nitrogen and oxygen atoms in total. The number of Topliss-reactive ketones (excluding diaryl/α,β-unsaturated/α-hetero) is 1. The van der Waals surface area contributed by atoms with E-state index < -0.39 is 0 Å². The highest BCUT2D eigenvalue weighted by Gasteiger charge is 2.27. The quantitative estimate of drug-likeness (QED) is 0.785. The van der Waals surface area contributed by atoms with Gasteiger partial charge in [0.1, 0.15) is 13.2 Å². The van der Waals surface area contributed by atoms with Crippen LogP contribution in [0.2, 0.25) is 0 Å². The first kappa shape index (κ1) is 13.5. The number of carbonyl (C=O) groups excluding carboxylic acids is 1. The third-order valence-corrected chi connectivity index (χ3v) is 4.56. The van der Waals surface area contributed by atoms with Crippen LogP contribution in [-0.4, -0.2) is 19.0 Å². The molecule has 2 atom stereocenters.